The van der Waals surface area contributed by atoms with Crippen LogP contribution in [-0.4, -0.2) is 22.9 Å². The quantitative estimate of drug-likeness (QED) is 0.485. The Balaban J connectivity index is 1.51. The van der Waals surface area contributed by atoms with E-state index in [-0.39, 0.29) is 6.10 Å². The van der Waals surface area contributed by atoms with Crippen LogP contribution >= 0.6 is 0 Å². The highest BCUT2D eigenvalue weighted by molar-refractivity contribution is 5.25. The molecule has 0 heterocycles. The fraction of sp³-hybridized carbons (Fsp3) is 0.857. The Labute approximate surface area is 185 Å². The van der Waals surface area contributed by atoms with Gasteiger partial charge in [-0.25, -0.2) is 0 Å². The van der Waals surface area contributed by atoms with Gasteiger partial charge in [0.25, 0.3) is 0 Å². The smallest absolute Gasteiger partial charge is 0.0577 e. The summed E-state index contributed by atoms with van der Waals surface area (Å²) < 4.78 is 0. The second-order valence-corrected chi connectivity index (χ2v) is 12.2. The van der Waals surface area contributed by atoms with Gasteiger partial charge in [-0.3, -0.25) is 0 Å². The second-order valence-electron chi connectivity index (χ2n) is 12.2. The first-order valence-corrected chi connectivity index (χ1v) is 12.9. The summed E-state index contributed by atoms with van der Waals surface area (Å²) in [6.07, 6.45) is 14.2. The number of rotatable bonds is 6. The van der Waals surface area contributed by atoms with Crippen molar-refractivity contribution in [2.45, 2.75) is 98.0 Å². The van der Waals surface area contributed by atoms with E-state index in [1.807, 2.05) is 0 Å². The van der Waals surface area contributed by atoms with Gasteiger partial charge in [-0.1, -0.05) is 51.5 Å². The Hall–Kier alpha value is -0.600. The van der Waals surface area contributed by atoms with Crippen LogP contribution in [0.2, 0.25) is 0 Å². The molecule has 170 valence electrons. The van der Waals surface area contributed by atoms with Crippen LogP contribution in [-0.2, 0) is 0 Å². The lowest BCUT2D eigenvalue weighted by Gasteiger charge is -2.58. The van der Waals surface area contributed by atoms with Crippen molar-refractivity contribution in [2.75, 3.05) is 6.61 Å². The average molecular weight is 415 g/mol. The van der Waals surface area contributed by atoms with E-state index in [4.69, 9.17) is 0 Å². The lowest BCUT2D eigenvalue weighted by molar-refractivity contribution is -0.0621. The molecule has 0 aromatic heterocycles. The zero-order valence-electron chi connectivity index (χ0n) is 20.0. The normalized spacial score (nSPS) is 44.1. The largest absolute Gasteiger partial charge is 0.396 e. The molecule has 0 aromatic rings. The maximum atomic E-state index is 10.3. The first-order chi connectivity index (χ1) is 14.2. The molecular formula is C28H46O2. The fourth-order valence-corrected chi connectivity index (χ4v) is 8.54. The van der Waals surface area contributed by atoms with Crippen molar-refractivity contribution in [3.63, 3.8) is 0 Å². The number of allylic oxidation sites excluding steroid dienone is 2. The molecule has 2 N–H and O–H groups in total. The molecule has 0 amide bonds. The standard InChI is InChI=1S/C28H46O2/c1-18(2)19(3)6-7-20(17-29)24-10-11-25-23-9-8-21-16-22(30)12-14-27(21,4)26(23)13-15-28(24,25)5/h8,18,20,22-26,29-30H,3,6-7,9-17H2,1-2,4-5H3/t20-,22-,23?,24+,25?,26?,27-,28+/m0/s1. The Kier molecular flexibility index (Phi) is 6.32. The Bertz CT molecular complexity index is 678. The van der Waals surface area contributed by atoms with E-state index in [0.717, 1.165) is 43.4 Å². The van der Waals surface area contributed by atoms with E-state index in [1.54, 1.807) is 5.57 Å². The molecule has 3 unspecified atom stereocenters. The molecule has 8 atom stereocenters. The molecule has 0 aromatic carbocycles. The minimum atomic E-state index is -0.114. The van der Waals surface area contributed by atoms with Crippen LogP contribution in [0.1, 0.15) is 91.9 Å². The number of aliphatic hydroxyl groups is 2. The number of hydrogen-bond donors (Lipinski definition) is 2. The number of fused-ring (bicyclic) bond motifs is 5. The molecular weight excluding hydrogens is 368 g/mol. The lowest BCUT2D eigenvalue weighted by Crippen LogP contribution is -2.51. The van der Waals surface area contributed by atoms with E-state index >= 15 is 0 Å². The van der Waals surface area contributed by atoms with Crippen molar-refractivity contribution in [3.05, 3.63) is 23.8 Å². The highest BCUT2D eigenvalue weighted by Gasteiger charge is 2.59. The van der Waals surface area contributed by atoms with Crippen LogP contribution < -0.4 is 0 Å². The summed E-state index contributed by atoms with van der Waals surface area (Å²) in [6.45, 7) is 14.2. The molecule has 2 heteroatoms. The summed E-state index contributed by atoms with van der Waals surface area (Å²) in [5.41, 5.74) is 3.63. The van der Waals surface area contributed by atoms with Gasteiger partial charge in [0, 0.05) is 6.61 Å². The van der Waals surface area contributed by atoms with Gasteiger partial charge < -0.3 is 10.2 Å². The molecule has 4 aliphatic rings. The second kappa shape index (κ2) is 8.39. The molecule has 4 rings (SSSR count). The van der Waals surface area contributed by atoms with E-state index < -0.39 is 0 Å². The lowest BCUT2D eigenvalue weighted by atomic mass is 9.47. The van der Waals surface area contributed by atoms with Gasteiger partial charge in [0.2, 0.25) is 0 Å². The highest BCUT2D eigenvalue weighted by atomic mass is 16.3. The molecule has 0 saturated heterocycles. The molecule has 0 bridgehead atoms. The van der Waals surface area contributed by atoms with Gasteiger partial charge in [0.1, 0.15) is 0 Å². The predicted molar refractivity (Wildman–Crippen MR) is 125 cm³/mol. The molecule has 3 fully saturated rings. The van der Waals surface area contributed by atoms with Gasteiger partial charge in [-0.05, 0) is 111 Å². The van der Waals surface area contributed by atoms with Gasteiger partial charge in [-0.15, -0.1) is 0 Å². The molecule has 0 radical (unpaired) electrons. The summed E-state index contributed by atoms with van der Waals surface area (Å²) in [5.74, 6) is 4.06. The van der Waals surface area contributed by atoms with Crippen molar-refractivity contribution < 1.29 is 10.2 Å². The molecule has 3 saturated carbocycles. The maximum Gasteiger partial charge on any atom is 0.0577 e. The molecule has 4 aliphatic carbocycles. The minimum Gasteiger partial charge on any atom is -0.396 e. The minimum absolute atomic E-state index is 0.114. The van der Waals surface area contributed by atoms with Crippen molar-refractivity contribution >= 4 is 0 Å². The summed E-state index contributed by atoms with van der Waals surface area (Å²) in [5, 5.41) is 20.6. The van der Waals surface area contributed by atoms with E-state index in [0.29, 0.717) is 35.2 Å². The third kappa shape index (κ3) is 3.64. The predicted octanol–water partition coefficient (Wildman–Crippen LogP) is 6.53. The highest BCUT2D eigenvalue weighted by Crippen LogP contribution is 2.67. The molecule has 2 nitrogen and oxygen atoms in total. The first-order valence-electron chi connectivity index (χ1n) is 12.9. The zero-order chi connectivity index (χ0) is 21.7. The fourth-order valence-electron chi connectivity index (χ4n) is 8.54. The monoisotopic (exact) mass is 414 g/mol. The third-order valence-electron chi connectivity index (χ3n) is 10.6. The van der Waals surface area contributed by atoms with E-state index in [9.17, 15) is 10.2 Å². The first kappa shape index (κ1) is 22.6. The van der Waals surface area contributed by atoms with Gasteiger partial charge in [0.15, 0.2) is 0 Å². The Morgan fingerprint density at radius 1 is 1.13 bits per heavy atom. The van der Waals surface area contributed by atoms with Crippen LogP contribution in [0.25, 0.3) is 0 Å². The summed E-state index contributed by atoms with van der Waals surface area (Å²) >= 11 is 0. The summed E-state index contributed by atoms with van der Waals surface area (Å²) in [4.78, 5) is 0. The maximum absolute atomic E-state index is 10.3. The Morgan fingerprint density at radius 3 is 2.60 bits per heavy atom. The Morgan fingerprint density at radius 2 is 1.90 bits per heavy atom. The van der Waals surface area contributed by atoms with Crippen LogP contribution in [0.3, 0.4) is 0 Å². The van der Waals surface area contributed by atoms with Crippen LogP contribution in [0.5, 0.6) is 0 Å². The average Bonchev–Trinajstić information content (AvgIpc) is 3.06. The van der Waals surface area contributed by atoms with Crippen molar-refractivity contribution in [2.24, 2.45) is 46.3 Å². The summed E-state index contributed by atoms with van der Waals surface area (Å²) in [7, 11) is 0. The zero-order valence-corrected chi connectivity index (χ0v) is 20.0. The van der Waals surface area contributed by atoms with Crippen molar-refractivity contribution in [1.29, 1.82) is 0 Å². The van der Waals surface area contributed by atoms with Gasteiger partial charge >= 0.3 is 0 Å². The van der Waals surface area contributed by atoms with Gasteiger partial charge in [-0.2, -0.15) is 0 Å². The number of aliphatic hydroxyl groups excluding tert-OH is 2. The van der Waals surface area contributed by atoms with E-state index in [2.05, 4.69) is 40.3 Å². The van der Waals surface area contributed by atoms with E-state index in [1.165, 1.54) is 44.1 Å². The molecule has 0 spiro atoms. The van der Waals surface area contributed by atoms with Crippen LogP contribution in [0, 0.1) is 46.3 Å². The number of hydrogen-bond acceptors (Lipinski definition) is 2. The van der Waals surface area contributed by atoms with Crippen molar-refractivity contribution in [1.82, 2.24) is 0 Å². The van der Waals surface area contributed by atoms with Crippen LogP contribution in [0.4, 0.5) is 0 Å². The molecule has 0 aliphatic heterocycles. The topological polar surface area (TPSA) is 40.5 Å². The molecule has 30 heavy (non-hydrogen) atoms. The third-order valence-corrected chi connectivity index (χ3v) is 10.6. The van der Waals surface area contributed by atoms with Crippen molar-refractivity contribution in [3.8, 4) is 0 Å². The van der Waals surface area contributed by atoms with Gasteiger partial charge in [0.05, 0.1) is 6.10 Å². The van der Waals surface area contributed by atoms with Crippen LogP contribution in [0.15, 0.2) is 23.8 Å². The summed E-state index contributed by atoms with van der Waals surface area (Å²) in [6, 6.07) is 0. The SMILES string of the molecule is C=C(CC[C@@H](CO)[C@H]1CCC2C3CC=C4C[C@@H](O)CC[C@]4(C)C3CC[C@@]21C)C(C)C.